The average molecular weight is 274 g/mol. The van der Waals surface area contributed by atoms with Crippen molar-refractivity contribution in [2.45, 2.75) is 12.8 Å². The number of ketones is 2. The quantitative estimate of drug-likeness (QED) is 0.505. The van der Waals surface area contributed by atoms with Crippen LogP contribution in [0.5, 0.6) is 0 Å². The second-order valence-electron chi connectivity index (χ2n) is 5.29. The van der Waals surface area contributed by atoms with Crippen molar-refractivity contribution in [1.82, 2.24) is 0 Å². The first-order valence-corrected chi connectivity index (χ1v) is 6.62. The molecule has 0 saturated carbocycles. The maximum absolute atomic E-state index is 12.6. The van der Waals surface area contributed by atoms with Gasteiger partial charge in [0.15, 0.2) is 11.6 Å². The Morgan fingerprint density at radius 2 is 1.67 bits per heavy atom. The predicted molar refractivity (Wildman–Crippen MR) is 77.9 cm³/mol. The number of rotatable bonds is 1. The summed E-state index contributed by atoms with van der Waals surface area (Å²) in [5.41, 5.74) is 4.18. The Bertz CT molecular complexity index is 908. The van der Waals surface area contributed by atoms with Crippen LogP contribution in [-0.2, 0) is 0 Å². The zero-order chi connectivity index (χ0) is 14.7. The van der Waals surface area contributed by atoms with E-state index in [1.165, 1.54) is 0 Å². The van der Waals surface area contributed by atoms with E-state index in [9.17, 15) is 9.59 Å². The number of carbonyl (C=O) groups excluding carboxylic acids is 2. The molecule has 0 radical (unpaired) electrons. The summed E-state index contributed by atoms with van der Waals surface area (Å²) in [6, 6.07) is 8.82. The highest BCUT2D eigenvalue weighted by atomic mass is 16.3. The lowest BCUT2D eigenvalue weighted by atomic mass is 9.90. The minimum Gasteiger partial charge on any atom is -0.456 e. The number of Topliss-reactive ketones (excluding diaryl/α,β-unsaturated/α-hetero) is 2. The second kappa shape index (κ2) is 3.83. The fraction of sp³-hybridized carbons (Fsp3) is 0.111. The molecule has 4 rings (SSSR count). The summed E-state index contributed by atoms with van der Waals surface area (Å²) in [5, 5.41) is 0. The van der Waals surface area contributed by atoms with E-state index >= 15 is 0 Å². The third-order valence-electron chi connectivity index (χ3n) is 4.11. The van der Waals surface area contributed by atoms with Gasteiger partial charge in [0.05, 0.1) is 11.1 Å². The Hall–Kier alpha value is -2.86. The molecule has 0 aliphatic heterocycles. The van der Waals surface area contributed by atoms with Gasteiger partial charge in [0, 0.05) is 5.56 Å². The van der Waals surface area contributed by atoms with E-state index in [1.54, 1.807) is 24.3 Å². The molecule has 3 nitrogen and oxygen atoms in total. The van der Waals surface area contributed by atoms with Crippen LogP contribution in [0.25, 0.3) is 11.2 Å². The summed E-state index contributed by atoms with van der Waals surface area (Å²) in [7, 11) is 0. The molecule has 100 valence electrons. The molecule has 0 atom stereocenters. The lowest BCUT2D eigenvalue weighted by Gasteiger charge is -2.11. The SMILES string of the molecule is C#Cc1ccc(C2C(=O)c3c(c4ccc3o4)C2=O)c(C)c1. The van der Waals surface area contributed by atoms with Gasteiger partial charge in [-0.15, -0.1) is 6.42 Å². The van der Waals surface area contributed by atoms with Gasteiger partial charge in [0.1, 0.15) is 17.1 Å². The first kappa shape index (κ1) is 11.9. The Morgan fingerprint density at radius 1 is 1.05 bits per heavy atom. The maximum Gasteiger partial charge on any atom is 0.182 e. The Labute approximate surface area is 120 Å². The molecule has 0 saturated heterocycles. The van der Waals surface area contributed by atoms with Gasteiger partial charge in [-0.05, 0) is 42.3 Å². The van der Waals surface area contributed by atoms with Crippen LogP contribution in [0.2, 0.25) is 0 Å². The molecule has 3 heteroatoms. The summed E-state index contributed by atoms with van der Waals surface area (Å²) >= 11 is 0. The number of carbonyl (C=O) groups is 2. The monoisotopic (exact) mass is 274 g/mol. The molecule has 2 bridgehead atoms. The van der Waals surface area contributed by atoms with Gasteiger partial charge in [-0.2, -0.15) is 0 Å². The lowest BCUT2D eigenvalue weighted by Crippen LogP contribution is -2.14. The maximum atomic E-state index is 12.6. The van der Waals surface area contributed by atoms with Crippen LogP contribution in [0.4, 0.5) is 0 Å². The van der Waals surface area contributed by atoms with Crippen LogP contribution in [0, 0.1) is 19.3 Å². The molecule has 0 amide bonds. The van der Waals surface area contributed by atoms with Crippen molar-refractivity contribution in [3.63, 3.8) is 0 Å². The van der Waals surface area contributed by atoms with Crippen LogP contribution in [0.1, 0.15) is 43.3 Å². The number of hydrogen-bond donors (Lipinski definition) is 0. The highest BCUT2D eigenvalue weighted by molar-refractivity contribution is 6.34. The van der Waals surface area contributed by atoms with Gasteiger partial charge >= 0.3 is 0 Å². The molecule has 1 aliphatic carbocycles. The summed E-state index contributed by atoms with van der Waals surface area (Å²) in [5.74, 6) is 1.43. The molecule has 2 aromatic heterocycles. The molecule has 1 aliphatic rings. The lowest BCUT2D eigenvalue weighted by molar-refractivity contribution is 0.0889. The van der Waals surface area contributed by atoms with Crippen molar-refractivity contribution in [3.8, 4) is 12.3 Å². The largest absolute Gasteiger partial charge is 0.456 e. The van der Waals surface area contributed by atoms with Gasteiger partial charge < -0.3 is 4.42 Å². The molecule has 1 aromatic carbocycles. The van der Waals surface area contributed by atoms with Gasteiger partial charge in [0.25, 0.3) is 0 Å². The van der Waals surface area contributed by atoms with Crippen molar-refractivity contribution in [3.05, 3.63) is 58.1 Å². The van der Waals surface area contributed by atoms with E-state index in [-0.39, 0.29) is 11.6 Å². The zero-order valence-corrected chi connectivity index (χ0v) is 11.3. The number of aryl methyl sites for hydroxylation is 1. The van der Waals surface area contributed by atoms with Crippen molar-refractivity contribution < 1.29 is 14.0 Å². The van der Waals surface area contributed by atoms with Crippen molar-refractivity contribution >= 4 is 22.7 Å². The molecular formula is C18H10O3. The second-order valence-corrected chi connectivity index (χ2v) is 5.29. The Kier molecular flexibility index (Phi) is 2.18. The minimum absolute atomic E-state index is 0.180. The number of furan rings is 2. The smallest absolute Gasteiger partial charge is 0.182 e. The summed E-state index contributed by atoms with van der Waals surface area (Å²) in [6.07, 6.45) is 5.37. The van der Waals surface area contributed by atoms with Crippen LogP contribution in [-0.4, -0.2) is 11.6 Å². The fourth-order valence-corrected chi connectivity index (χ4v) is 3.12. The topological polar surface area (TPSA) is 47.3 Å². The van der Waals surface area contributed by atoms with Crippen LogP contribution >= 0.6 is 0 Å². The fourth-order valence-electron chi connectivity index (χ4n) is 3.12. The first-order chi connectivity index (χ1) is 10.1. The van der Waals surface area contributed by atoms with Crippen LogP contribution in [0.15, 0.2) is 34.7 Å². The van der Waals surface area contributed by atoms with Gasteiger partial charge in [0.2, 0.25) is 0 Å². The molecule has 0 N–H and O–H groups in total. The van der Waals surface area contributed by atoms with E-state index in [2.05, 4.69) is 5.92 Å². The molecule has 21 heavy (non-hydrogen) atoms. The molecule has 3 aromatic rings. The standard InChI is InChI=1S/C18H10O3/c1-3-10-4-5-11(9(2)8-10)14-17(19)15-12-6-7-13(21-12)16(15)18(14)20/h1,4-8,14H,2H3. The van der Waals surface area contributed by atoms with E-state index in [0.717, 1.165) is 16.7 Å². The molecule has 0 fully saturated rings. The van der Waals surface area contributed by atoms with E-state index in [4.69, 9.17) is 10.8 Å². The average Bonchev–Trinajstić information content (AvgIpc) is 3.14. The van der Waals surface area contributed by atoms with Crippen LogP contribution in [0.3, 0.4) is 0 Å². The normalized spacial score (nSPS) is 14.9. The highest BCUT2D eigenvalue weighted by Crippen LogP contribution is 2.42. The minimum atomic E-state index is -0.768. The van der Waals surface area contributed by atoms with E-state index < -0.39 is 5.92 Å². The number of hydrogen-bond acceptors (Lipinski definition) is 3. The zero-order valence-electron chi connectivity index (χ0n) is 11.3. The van der Waals surface area contributed by atoms with Gasteiger partial charge in [-0.1, -0.05) is 12.0 Å². The number of benzene rings is 2. The van der Waals surface area contributed by atoms with Gasteiger partial charge in [-0.25, -0.2) is 0 Å². The molecule has 2 heterocycles. The number of terminal acetylenes is 1. The first-order valence-electron chi connectivity index (χ1n) is 6.62. The summed E-state index contributed by atoms with van der Waals surface area (Å²) in [4.78, 5) is 25.3. The van der Waals surface area contributed by atoms with Crippen molar-refractivity contribution in [1.29, 1.82) is 0 Å². The van der Waals surface area contributed by atoms with E-state index in [0.29, 0.717) is 22.3 Å². The number of fused-ring (bicyclic) bond motifs is 5. The van der Waals surface area contributed by atoms with Crippen molar-refractivity contribution in [2.24, 2.45) is 0 Å². The summed E-state index contributed by atoms with van der Waals surface area (Å²) < 4.78 is 5.41. The Balaban J connectivity index is 1.89. The molecular weight excluding hydrogens is 264 g/mol. The molecule has 0 spiro atoms. The molecule has 0 unspecified atom stereocenters. The third-order valence-corrected chi connectivity index (χ3v) is 4.11. The van der Waals surface area contributed by atoms with E-state index in [1.807, 2.05) is 13.0 Å². The predicted octanol–water partition coefficient (Wildman–Crippen LogP) is 3.32. The van der Waals surface area contributed by atoms with Crippen molar-refractivity contribution in [2.75, 3.05) is 0 Å². The third kappa shape index (κ3) is 1.39. The summed E-state index contributed by atoms with van der Waals surface area (Å²) in [6.45, 7) is 1.86. The highest BCUT2D eigenvalue weighted by Gasteiger charge is 2.44. The van der Waals surface area contributed by atoms with Crippen LogP contribution < -0.4 is 0 Å². The Morgan fingerprint density at radius 3 is 2.19 bits per heavy atom. The van der Waals surface area contributed by atoms with Gasteiger partial charge in [-0.3, -0.25) is 9.59 Å².